The molecule has 1 aliphatic carbocycles. The van der Waals surface area contributed by atoms with Gasteiger partial charge in [0.2, 0.25) is 0 Å². The van der Waals surface area contributed by atoms with E-state index in [1.807, 2.05) is 26.0 Å². The van der Waals surface area contributed by atoms with Gasteiger partial charge in [0, 0.05) is 12.6 Å². The van der Waals surface area contributed by atoms with Crippen LogP contribution in [0.2, 0.25) is 5.02 Å². The Kier molecular flexibility index (Phi) is 6.19. The number of rotatable bonds is 6. The summed E-state index contributed by atoms with van der Waals surface area (Å²) in [5, 5.41) is 4.24. The Balaban J connectivity index is 2.04. The van der Waals surface area contributed by atoms with Gasteiger partial charge in [0.25, 0.3) is 0 Å². The Hall–Kier alpha value is -0.930. The highest BCUT2D eigenvalue weighted by atomic mass is 35.5. The molecule has 0 amide bonds. The van der Waals surface area contributed by atoms with Crippen molar-refractivity contribution in [1.29, 1.82) is 0 Å². The lowest BCUT2D eigenvalue weighted by atomic mass is 9.95. The van der Waals surface area contributed by atoms with E-state index >= 15 is 0 Å². The monoisotopic (exact) mass is 311 g/mol. The van der Waals surface area contributed by atoms with Gasteiger partial charge in [0.15, 0.2) is 11.5 Å². The average Bonchev–Trinajstić information content (AvgIpc) is 2.48. The van der Waals surface area contributed by atoms with Crippen molar-refractivity contribution in [2.75, 3.05) is 7.11 Å². The van der Waals surface area contributed by atoms with Crippen molar-refractivity contribution in [3.8, 4) is 11.5 Å². The molecule has 2 rings (SSSR count). The number of methoxy groups -OCH3 is 1. The van der Waals surface area contributed by atoms with Gasteiger partial charge in [-0.15, -0.1) is 0 Å². The Morgan fingerprint density at radius 3 is 2.57 bits per heavy atom. The van der Waals surface area contributed by atoms with Crippen LogP contribution >= 0.6 is 11.6 Å². The lowest BCUT2D eigenvalue weighted by molar-refractivity contribution is 0.230. The van der Waals surface area contributed by atoms with E-state index in [0.717, 1.165) is 12.1 Å². The van der Waals surface area contributed by atoms with Gasteiger partial charge in [0.05, 0.1) is 18.2 Å². The van der Waals surface area contributed by atoms with E-state index in [1.165, 1.54) is 32.1 Å². The summed E-state index contributed by atoms with van der Waals surface area (Å²) in [7, 11) is 1.65. The second-order valence-corrected chi connectivity index (χ2v) is 6.40. The minimum absolute atomic E-state index is 0.0719. The summed E-state index contributed by atoms with van der Waals surface area (Å²) >= 11 is 6.35. The minimum atomic E-state index is 0.0719. The summed E-state index contributed by atoms with van der Waals surface area (Å²) in [6.07, 6.45) is 6.67. The van der Waals surface area contributed by atoms with Crippen LogP contribution < -0.4 is 14.8 Å². The number of ether oxygens (including phenoxy) is 2. The highest BCUT2D eigenvalue weighted by molar-refractivity contribution is 6.32. The zero-order chi connectivity index (χ0) is 15.2. The molecule has 0 saturated heterocycles. The first-order valence-corrected chi connectivity index (χ1v) is 8.24. The molecule has 0 aliphatic heterocycles. The van der Waals surface area contributed by atoms with Crippen molar-refractivity contribution < 1.29 is 9.47 Å². The zero-order valence-corrected chi connectivity index (χ0v) is 14.0. The number of halogens is 1. The van der Waals surface area contributed by atoms with Crippen LogP contribution in [0.25, 0.3) is 0 Å². The van der Waals surface area contributed by atoms with E-state index < -0.39 is 0 Å². The minimum Gasteiger partial charge on any atom is -0.493 e. The van der Waals surface area contributed by atoms with Gasteiger partial charge in [-0.3, -0.25) is 0 Å². The van der Waals surface area contributed by atoms with Crippen LogP contribution in [-0.4, -0.2) is 19.3 Å². The third kappa shape index (κ3) is 4.79. The van der Waals surface area contributed by atoms with Gasteiger partial charge < -0.3 is 14.8 Å². The van der Waals surface area contributed by atoms with Gasteiger partial charge in [-0.1, -0.05) is 30.9 Å². The Morgan fingerprint density at radius 1 is 1.24 bits per heavy atom. The molecule has 0 heterocycles. The molecule has 1 saturated carbocycles. The van der Waals surface area contributed by atoms with Gasteiger partial charge in [0.1, 0.15) is 0 Å². The molecule has 3 nitrogen and oxygen atoms in total. The van der Waals surface area contributed by atoms with Crippen molar-refractivity contribution in [2.45, 2.75) is 64.6 Å². The first kappa shape index (κ1) is 16.4. The lowest BCUT2D eigenvalue weighted by Gasteiger charge is -2.23. The van der Waals surface area contributed by atoms with Crippen LogP contribution in [-0.2, 0) is 6.54 Å². The summed E-state index contributed by atoms with van der Waals surface area (Å²) in [5.41, 5.74) is 1.14. The fourth-order valence-electron chi connectivity index (χ4n) is 2.79. The molecule has 21 heavy (non-hydrogen) atoms. The maximum Gasteiger partial charge on any atom is 0.180 e. The van der Waals surface area contributed by atoms with Gasteiger partial charge in [-0.05, 0) is 44.4 Å². The maximum absolute atomic E-state index is 6.35. The van der Waals surface area contributed by atoms with E-state index in [4.69, 9.17) is 21.1 Å². The third-order valence-corrected chi connectivity index (χ3v) is 4.12. The smallest absolute Gasteiger partial charge is 0.180 e. The Bertz CT molecular complexity index is 456. The van der Waals surface area contributed by atoms with Crippen LogP contribution in [0, 0.1) is 0 Å². The van der Waals surface area contributed by atoms with Gasteiger partial charge in [-0.2, -0.15) is 0 Å². The van der Waals surface area contributed by atoms with Crippen molar-refractivity contribution >= 4 is 11.6 Å². The Morgan fingerprint density at radius 2 is 1.95 bits per heavy atom. The van der Waals surface area contributed by atoms with Crippen molar-refractivity contribution in [2.24, 2.45) is 0 Å². The Labute approximate surface area is 133 Å². The van der Waals surface area contributed by atoms with Gasteiger partial charge in [-0.25, -0.2) is 0 Å². The zero-order valence-electron chi connectivity index (χ0n) is 13.2. The van der Waals surface area contributed by atoms with Crippen molar-refractivity contribution in [3.63, 3.8) is 0 Å². The second kappa shape index (κ2) is 7.90. The summed E-state index contributed by atoms with van der Waals surface area (Å²) in [6.45, 7) is 4.78. The quantitative estimate of drug-likeness (QED) is 0.835. The molecule has 0 unspecified atom stereocenters. The van der Waals surface area contributed by atoms with Crippen LogP contribution in [0.1, 0.15) is 51.5 Å². The molecule has 1 aromatic carbocycles. The normalized spacial score (nSPS) is 16.2. The van der Waals surface area contributed by atoms with Gasteiger partial charge >= 0.3 is 0 Å². The summed E-state index contributed by atoms with van der Waals surface area (Å²) in [4.78, 5) is 0. The predicted molar refractivity (Wildman–Crippen MR) is 87.5 cm³/mol. The van der Waals surface area contributed by atoms with Crippen molar-refractivity contribution in [1.82, 2.24) is 5.32 Å². The van der Waals surface area contributed by atoms with E-state index in [0.29, 0.717) is 22.6 Å². The van der Waals surface area contributed by atoms with Crippen LogP contribution in [0.4, 0.5) is 0 Å². The molecule has 0 aromatic heterocycles. The molecular weight excluding hydrogens is 286 g/mol. The maximum atomic E-state index is 6.35. The largest absolute Gasteiger partial charge is 0.493 e. The number of hydrogen-bond acceptors (Lipinski definition) is 3. The average molecular weight is 312 g/mol. The first-order valence-electron chi connectivity index (χ1n) is 7.86. The molecule has 0 bridgehead atoms. The molecule has 4 heteroatoms. The highest BCUT2D eigenvalue weighted by Crippen LogP contribution is 2.37. The predicted octanol–water partition coefficient (Wildman–Crippen LogP) is 4.56. The first-order chi connectivity index (χ1) is 10.1. The molecule has 1 aliphatic rings. The fourth-order valence-corrected chi connectivity index (χ4v) is 3.07. The summed E-state index contributed by atoms with van der Waals surface area (Å²) < 4.78 is 11.2. The number of benzene rings is 1. The number of nitrogens with one attached hydrogen (secondary N) is 1. The van der Waals surface area contributed by atoms with Crippen LogP contribution in [0.15, 0.2) is 12.1 Å². The van der Waals surface area contributed by atoms with E-state index in [1.54, 1.807) is 7.11 Å². The molecule has 1 fully saturated rings. The molecule has 1 N–H and O–H groups in total. The molecule has 118 valence electrons. The van der Waals surface area contributed by atoms with Crippen LogP contribution in [0.3, 0.4) is 0 Å². The molecular formula is C17H26ClNO2. The van der Waals surface area contributed by atoms with Crippen LogP contribution in [0.5, 0.6) is 11.5 Å². The SMILES string of the molecule is COc1cc(CNC2CCCCC2)cc(Cl)c1OC(C)C. The lowest BCUT2D eigenvalue weighted by Crippen LogP contribution is -2.30. The topological polar surface area (TPSA) is 30.5 Å². The molecule has 0 atom stereocenters. The molecule has 0 spiro atoms. The number of hydrogen-bond donors (Lipinski definition) is 1. The molecule has 1 aromatic rings. The second-order valence-electron chi connectivity index (χ2n) is 5.99. The van der Waals surface area contributed by atoms with E-state index in [2.05, 4.69) is 5.32 Å². The molecule has 0 radical (unpaired) electrons. The van der Waals surface area contributed by atoms with E-state index in [-0.39, 0.29) is 6.10 Å². The summed E-state index contributed by atoms with van der Waals surface area (Å²) in [5.74, 6) is 1.34. The summed E-state index contributed by atoms with van der Waals surface area (Å²) in [6, 6.07) is 4.62. The fraction of sp³-hybridized carbons (Fsp3) is 0.647. The highest BCUT2D eigenvalue weighted by Gasteiger charge is 2.15. The standard InChI is InChI=1S/C17H26ClNO2/c1-12(2)21-17-15(18)9-13(10-16(17)20-3)11-19-14-7-5-4-6-8-14/h9-10,12,14,19H,4-8,11H2,1-3H3. The third-order valence-electron chi connectivity index (χ3n) is 3.84. The van der Waals surface area contributed by atoms with E-state index in [9.17, 15) is 0 Å². The van der Waals surface area contributed by atoms with Crippen molar-refractivity contribution in [3.05, 3.63) is 22.7 Å².